The van der Waals surface area contributed by atoms with Crippen LogP contribution in [0.2, 0.25) is 0 Å². The number of hydrogen-bond acceptors (Lipinski definition) is 3. The van der Waals surface area contributed by atoms with E-state index in [1.807, 2.05) is 26.0 Å². The zero-order valence-corrected chi connectivity index (χ0v) is 11.8. The van der Waals surface area contributed by atoms with Crippen LogP contribution in [0.1, 0.15) is 46.6 Å². The van der Waals surface area contributed by atoms with Crippen LogP contribution in [0.4, 0.5) is 0 Å². The van der Waals surface area contributed by atoms with Gasteiger partial charge in [0.2, 0.25) is 0 Å². The lowest BCUT2D eigenvalue weighted by Crippen LogP contribution is -2.27. The third-order valence-electron chi connectivity index (χ3n) is 3.31. The van der Waals surface area contributed by atoms with Crippen LogP contribution in [-0.4, -0.2) is 5.91 Å². The lowest BCUT2D eigenvalue weighted by Gasteiger charge is -2.17. The molecule has 1 unspecified atom stereocenters. The number of furan rings is 1. The monoisotopic (exact) mass is 272 g/mol. The standard InChI is InChI=1S/C16H20N2O2/c1-3-15(12-6-4-11(2)5-7-12)18-16(19)13-8-14(9-17)20-10-13/h4-8,10,15H,3,9,17H2,1-2H3,(H,18,19). The fourth-order valence-corrected chi connectivity index (χ4v) is 2.07. The largest absolute Gasteiger partial charge is 0.467 e. The van der Waals surface area contributed by atoms with Crippen LogP contribution in [0.25, 0.3) is 0 Å². The molecule has 4 heteroatoms. The predicted molar refractivity (Wildman–Crippen MR) is 78.3 cm³/mol. The minimum atomic E-state index is -0.138. The summed E-state index contributed by atoms with van der Waals surface area (Å²) >= 11 is 0. The maximum Gasteiger partial charge on any atom is 0.255 e. The summed E-state index contributed by atoms with van der Waals surface area (Å²) in [4.78, 5) is 12.2. The molecule has 1 aromatic heterocycles. The Morgan fingerprint density at radius 2 is 2.05 bits per heavy atom. The Bertz CT molecular complexity index is 572. The van der Waals surface area contributed by atoms with Crippen molar-refractivity contribution >= 4 is 5.91 Å². The zero-order chi connectivity index (χ0) is 14.5. The Labute approximate surface area is 119 Å². The lowest BCUT2D eigenvalue weighted by atomic mass is 10.0. The highest BCUT2D eigenvalue weighted by molar-refractivity contribution is 5.94. The average Bonchev–Trinajstić information content (AvgIpc) is 2.94. The van der Waals surface area contributed by atoms with E-state index < -0.39 is 0 Å². The van der Waals surface area contributed by atoms with Gasteiger partial charge in [-0.25, -0.2) is 0 Å². The highest BCUT2D eigenvalue weighted by Crippen LogP contribution is 2.18. The number of amides is 1. The first-order chi connectivity index (χ1) is 9.63. The van der Waals surface area contributed by atoms with E-state index in [1.54, 1.807) is 6.07 Å². The number of carbonyl (C=O) groups is 1. The van der Waals surface area contributed by atoms with Gasteiger partial charge in [0.15, 0.2) is 0 Å². The molecule has 3 N–H and O–H groups in total. The van der Waals surface area contributed by atoms with Crippen molar-refractivity contribution in [2.75, 3.05) is 0 Å². The van der Waals surface area contributed by atoms with Gasteiger partial charge in [0.05, 0.1) is 18.2 Å². The second-order valence-electron chi connectivity index (χ2n) is 4.85. The Balaban J connectivity index is 2.09. The molecule has 0 aliphatic heterocycles. The molecule has 0 aliphatic carbocycles. The maximum atomic E-state index is 12.2. The van der Waals surface area contributed by atoms with E-state index in [2.05, 4.69) is 17.4 Å². The summed E-state index contributed by atoms with van der Waals surface area (Å²) in [6, 6.07) is 9.87. The van der Waals surface area contributed by atoms with Crippen molar-refractivity contribution in [1.29, 1.82) is 0 Å². The third-order valence-corrected chi connectivity index (χ3v) is 3.31. The van der Waals surface area contributed by atoms with Crippen molar-refractivity contribution in [3.63, 3.8) is 0 Å². The van der Waals surface area contributed by atoms with E-state index in [1.165, 1.54) is 11.8 Å². The topological polar surface area (TPSA) is 68.3 Å². The van der Waals surface area contributed by atoms with E-state index >= 15 is 0 Å². The van der Waals surface area contributed by atoms with Gasteiger partial charge < -0.3 is 15.5 Å². The average molecular weight is 272 g/mol. The summed E-state index contributed by atoms with van der Waals surface area (Å²) in [6.45, 7) is 4.39. The Morgan fingerprint density at radius 3 is 2.60 bits per heavy atom. The molecule has 0 fully saturated rings. The first kappa shape index (κ1) is 14.3. The van der Waals surface area contributed by atoms with E-state index in [9.17, 15) is 4.79 Å². The molecule has 0 aliphatic rings. The van der Waals surface area contributed by atoms with Crippen LogP contribution in [-0.2, 0) is 6.54 Å². The number of rotatable bonds is 5. The molecule has 0 radical (unpaired) electrons. The summed E-state index contributed by atoms with van der Waals surface area (Å²) in [6.07, 6.45) is 2.27. The van der Waals surface area contributed by atoms with Gasteiger partial charge in [0.1, 0.15) is 12.0 Å². The lowest BCUT2D eigenvalue weighted by molar-refractivity contribution is 0.0935. The highest BCUT2D eigenvalue weighted by atomic mass is 16.3. The predicted octanol–water partition coefficient (Wildman–Crippen LogP) is 2.93. The number of aryl methyl sites for hydroxylation is 1. The molecule has 0 bridgehead atoms. The van der Waals surface area contributed by atoms with Gasteiger partial charge >= 0.3 is 0 Å². The van der Waals surface area contributed by atoms with Crippen molar-refractivity contribution in [2.45, 2.75) is 32.9 Å². The van der Waals surface area contributed by atoms with Crippen LogP contribution in [0.5, 0.6) is 0 Å². The van der Waals surface area contributed by atoms with Gasteiger partial charge in [-0.2, -0.15) is 0 Å². The number of nitrogens with one attached hydrogen (secondary N) is 1. The van der Waals surface area contributed by atoms with Crippen LogP contribution in [0.15, 0.2) is 41.0 Å². The fourth-order valence-electron chi connectivity index (χ4n) is 2.07. The zero-order valence-electron chi connectivity index (χ0n) is 11.8. The summed E-state index contributed by atoms with van der Waals surface area (Å²) < 4.78 is 5.19. The van der Waals surface area contributed by atoms with Crippen LogP contribution < -0.4 is 11.1 Å². The second kappa shape index (κ2) is 6.39. The smallest absolute Gasteiger partial charge is 0.255 e. The SMILES string of the molecule is CCC(NC(=O)c1coc(CN)c1)c1ccc(C)cc1. The van der Waals surface area contributed by atoms with Gasteiger partial charge in [-0.1, -0.05) is 36.8 Å². The molecule has 4 nitrogen and oxygen atoms in total. The van der Waals surface area contributed by atoms with Crippen molar-refractivity contribution in [3.8, 4) is 0 Å². The highest BCUT2D eigenvalue weighted by Gasteiger charge is 2.15. The number of nitrogens with two attached hydrogens (primary N) is 1. The first-order valence-corrected chi connectivity index (χ1v) is 6.79. The summed E-state index contributed by atoms with van der Waals surface area (Å²) in [5.74, 6) is 0.472. The van der Waals surface area contributed by atoms with Gasteiger partial charge in [0.25, 0.3) is 5.91 Å². The summed E-state index contributed by atoms with van der Waals surface area (Å²) in [5.41, 5.74) is 8.29. The fraction of sp³-hybridized carbons (Fsp3) is 0.312. The van der Waals surface area contributed by atoms with Crippen molar-refractivity contribution in [2.24, 2.45) is 5.73 Å². The summed E-state index contributed by atoms with van der Waals surface area (Å²) in [5, 5.41) is 3.02. The van der Waals surface area contributed by atoms with Crippen molar-refractivity contribution < 1.29 is 9.21 Å². The van der Waals surface area contributed by atoms with Crippen LogP contribution >= 0.6 is 0 Å². The van der Waals surface area contributed by atoms with Crippen molar-refractivity contribution in [3.05, 3.63) is 59.0 Å². The van der Waals surface area contributed by atoms with Gasteiger partial charge in [-0.15, -0.1) is 0 Å². The number of carbonyl (C=O) groups excluding carboxylic acids is 1. The molecule has 106 valence electrons. The molecular weight excluding hydrogens is 252 g/mol. The molecule has 1 atom stereocenters. The molecule has 2 aromatic rings. The van der Waals surface area contributed by atoms with Gasteiger partial charge in [-0.3, -0.25) is 4.79 Å². The minimum Gasteiger partial charge on any atom is -0.467 e. The van der Waals surface area contributed by atoms with E-state index in [0.717, 1.165) is 12.0 Å². The maximum absolute atomic E-state index is 12.2. The molecule has 1 heterocycles. The van der Waals surface area contributed by atoms with Crippen LogP contribution in [0.3, 0.4) is 0 Å². The van der Waals surface area contributed by atoms with E-state index in [-0.39, 0.29) is 11.9 Å². The molecule has 0 spiro atoms. The van der Waals surface area contributed by atoms with Crippen molar-refractivity contribution in [1.82, 2.24) is 5.32 Å². The molecule has 1 amide bonds. The van der Waals surface area contributed by atoms with Gasteiger partial charge in [0, 0.05) is 0 Å². The normalized spacial score (nSPS) is 12.2. The van der Waals surface area contributed by atoms with E-state index in [4.69, 9.17) is 10.2 Å². The molecule has 0 saturated heterocycles. The molecule has 0 saturated carbocycles. The molecular formula is C16H20N2O2. The van der Waals surface area contributed by atoms with Crippen LogP contribution in [0, 0.1) is 6.92 Å². The minimum absolute atomic E-state index is 0.000624. The third kappa shape index (κ3) is 3.27. The number of hydrogen-bond donors (Lipinski definition) is 2. The Kier molecular flexibility index (Phi) is 4.58. The molecule has 20 heavy (non-hydrogen) atoms. The first-order valence-electron chi connectivity index (χ1n) is 6.79. The summed E-state index contributed by atoms with van der Waals surface area (Å²) in [7, 11) is 0. The van der Waals surface area contributed by atoms with E-state index in [0.29, 0.717) is 17.9 Å². The second-order valence-corrected chi connectivity index (χ2v) is 4.85. The number of benzene rings is 1. The Morgan fingerprint density at radius 1 is 1.35 bits per heavy atom. The molecule has 2 rings (SSSR count). The molecule has 1 aromatic carbocycles. The van der Waals surface area contributed by atoms with Gasteiger partial charge in [-0.05, 0) is 25.0 Å². The quantitative estimate of drug-likeness (QED) is 0.879. The Hall–Kier alpha value is -2.07.